The minimum atomic E-state index is 0.742. The third-order valence-electron chi connectivity index (χ3n) is 7.74. The molecule has 0 unspecified atom stereocenters. The van der Waals surface area contributed by atoms with Crippen LogP contribution >= 0.6 is 0 Å². The van der Waals surface area contributed by atoms with Gasteiger partial charge in [0.15, 0.2) is 5.58 Å². The number of hydrogen-bond donors (Lipinski definition) is 0. The lowest BCUT2D eigenvalue weighted by atomic mass is 10.1. The topological polar surface area (TPSA) is 35.9 Å². The molecule has 0 aliphatic carbocycles. The Kier molecular flexibility index (Phi) is 4.49. The van der Waals surface area contributed by atoms with Gasteiger partial charge >= 0.3 is 0 Å². The Bertz CT molecular complexity index is 2220. The van der Waals surface area contributed by atoms with E-state index in [4.69, 9.17) is 9.40 Å². The van der Waals surface area contributed by atoms with Gasteiger partial charge in [0.2, 0.25) is 0 Å². The van der Waals surface area contributed by atoms with Gasteiger partial charge in [-0.05, 0) is 48.5 Å². The van der Waals surface area contributed by atoms with Crippen LogP contribution in [0.25, 0.3) is 78.3 Å². The molecule has 4 aromatic carbocycles. The minimum Gasteiger partial charge on any atom is -0.452 e. The van der Waals surface area contributed by atoms with E-state index in [1.54, 1.807) is 0 Å². The van der Waals surface area contributed by atoms with Crippen LogP contribution in [-0.4, -0.2) is 14.1 Å². The number of benzene rings is 4. The molecule has 0 saturated carbocycles. The number of furan rings is 1. The van der Waals surface area contributed by atoms with E-state index in [9.17, 15) is 0 Å². The molecule has 4 heterocycles. The third kappa shape index (κ3) is 2.91. The van der Waals surface area contributed by atoms with Crippen LogP contribution in [0.3, 0.4) is 0 Å². The molecule has 39 heavy (non-hydrogen) atoms. The van der Waals surface area contributed by atoms with E-state index >= 15 is 0 Å². The molecule has 0 aliphatic rings. The lowest BCUT2D eigenvalue weighted by molar-refractivity contribution is 0.665. The highest BCUT2D eigenvalue weighted by Gasteiger charge is 2.20. The highest BCUT2D eigenvalue weighted by Crippen LogP contribution is 2.38. The number of nitrogens with zero attached hydrogens (tertiary/aromatic N) is 3. The summed E-state index contributed by atoms with van der Waals surface area (Å²) in [5.74, 6) is 0. The van der Waals surface area contributed by atoms with Crippen LogP contribution in [-0.2, 0) is 0 Å². The normalized spacial score (nSPS) is 11.8. The second-order valence-corrected chi connectivity index (χ2v) is 9.72. The molecule has 184 valence electrons. The van der Waals surface area contributed by atoms with Gasteiger partial charge in [-0.3, -0.25) is 4.98 Å². The van der Waals surface area contributed by atoms with Crippen molar-refractivity contribution in [2.45, 2.75) is 0 Å². The van der Waals surface area contributed by atoms with Crippen LogP contribution in [0.5, 0.6) is 0 Å². The molecule has 4 aromatic heterocycles. The summed E-state index contributed by atoms with van der Waals surface area (Å²) < 4.78 is 11.0. The maximum absolute atomic E-state index is 6.52. The Morgan fingerprint density at radius 2 is 1.28 bits per heavy atom. The Labute approximate surface area is 224 Å². The van der Waals surface area contributed by atoms with Gasteiger partial charge in [-0.15, -0.1) is 0 Å². The standard InChI is InChI=1S/C35H23N3O/c1-3-23-24-11-5-10-16-31(24)38(28(23)4-2)32-19-20-36-34-27-21-22(17-18-33(27)39-35(32)34)37-29-14-8-6-12-25(29)26-13-7-9-15-30(26)37/h3-21H,1-2H2. The molecular weight excluding hydrogens is 478 g/mol. The van der Waals surface area contributed by atoms with Crippen LogP contribution in [0.1, 0.15) is 11.3 Å². The average molecular weight is 502 g/mol. The van der Waals surface area contributed by atoms with Crippen molar-refractivity contribution in [3.05, 3.63) is 128 Å². The largest absolute Gasteiger partial charge is 0.452 e. The zero-order valence-electron chi connectivity index (χ0n) is 21.1. The van der Waals surface area contributed by atoms with E-state index in [2.05, 4.69) is 101 Å². The van der Waals surface area contributed by atoms with Crippen molar-refractivity contribution >= 4 is 66.9 Å². The molecule has 8 rings (SSSR count). The fraction of sp³-hybridized carbons (Fsp3) is 0. The van der Waals surface area contributed by atoms with Crippen molar-refractivity contribution in [3.8, 4) is 11.4 Å². The summed E-state index contributed by atoms with van der Waals surface area (Å²) in [5, 5.41) is 4.57. The number of para-hydroxylation sites is 3. The van der Waals surface area contributed by atoms with E-state index in [1.807, 2.05) is 36.5 Å². The SMILES string of the molecule is C=Cc1c(C=C)n(-c2ccnc3c2oc2ccc(-n4c5ccccc5c5ccccc54)cc23)c2ccccc12. The first-order valence-corrected chi connectivity index (χ1v) is 13.0. The van der Waals surface area contributed by atoms with E-state index in [-0.39, 0.29) is 0 Å². The monoisotopic (exact) mass is 501 g/mol. The highest BCUT2D eigenvalue weighted by molar-refractivity contribution is 6.11. The van der Waals surface area contributed by atoms with Crippen LogP contribution in [0.4, 0.5) is 0 Å². The Morgan fingerprint density at radius 3 is 1.95 bits per heavy atom. The number of rotatable bonds is 4. The van der Waals surface area contributed by atoms with E-state index in [1.165, 1.54) is 21.8 Å². The highest BCUT2D eigenvalue weighted by atomic mass is 16.3. The molecule has 0 N–H and O–H groups in total. The van der Waals surface area contributed by atoms with Gasteiger partial charge in [-0.25, -0.2) is 0 Å². The Hall–Kier alpha value is -5.35. The quantitative estimate of drug-likeness (QED) is 0.241. The summed E-state index contributed by atoms with van der Waals surface area (Å²) in [5.41, 5.74) is 9.81. The number of hydrogen-bond acceptors (Lipinski definition) is 2. The smallest absolute Gasteiger partial charge is 0.177 e. The summed E-state index contributed by atoms with van der Waals surface area (Å²) in [6.07, 6.45) is 5.63. The van der Waals surface area contributed by atoms with Gasteiger partial charge in [-0.2, -0.15) is 0 Å². The van der Waals surface area contributed by atoms with E-state index < -0.39 is 0 Å². The first kappa shape index (κ1) is 21.7. The summed E-state index contributed by atoms with van der Waals surface area (Å²) in [7, 11) is 0. The predicted molar refractivity (Wildman–Crippen MR) is 163 cm³/mol. The second kappa shape index (κ2) is 8.07. The van der Waals surface area contributed by atoms with Gasteiger partial charge in [0, 0.05) is 39.0 Å². The molecule has 8 aromatic rings. The summed E-state index contributed by atoms with van der Waals surface area (Å²) in [6.45, 7) is 8.19. The van der Waals surface area contributed by atoms with Crippen molar-refractivity contribution in [1.82, 2.24) is 14.1 Å². The van der Waals surface area contributed by atoms with Crippen molar-refractivity contribution in [1.29, 1.82) is 0 Å². The maximum Gasteiger partial charge on any atom is 0.177 e. The number of pyridine rings is 1. The zero-order chi connectivity index (χ0) is 26.1. The summed E-state index contributed by atoms with van der Waals surface area (Å²) in [4.78, 5) is 4.80. The van der Waals surface area contributed by atoms with Gasteiger partial charge in [0.05, 0.1) is 27.9 Å². The Morgan fingerprint density at radius 1 is 0.641 bits per heavy atom. The zero-order valence-corrected chi connectivity index (χ0v) is 21.1. The van der Waals surface area contributed by atoms with Crippen LogP contribution < -0.4 is 0 Å². The van der Waals surface area contributed by atoms with Crippen molar-refractivity contribution in [2.75, 3.05) is 0 Å². The van der Waals surface area contributed by atoms with Crippen LogP contribution in [0, 0.1) is 0 Å². The summed E-state index contributed by atoms with van der Waals surface area (Å²) in [6, 6.07) is 33.8. The molecule has 0 bridgehead atoms. The van der Waals surface area contributed by atoms with Crippen molar-refractivity contribution in [2.24, 2.45) is 0 Å². The fourth-order valence-electron chi connectivity index (χ4n) is 6.11. The molecule has 0 aliphatic heterocycles. The maximum atomic E-state index is 6.52. The molecule has 0 saturated heterocycles. The number of fused-ring (bicyclic) bond motifs is 7. The number of aromatic nitrogens is 3. The van der Waals surface area contributed by atoms with Gasteiger partial charge < -0.3 is 13.6 Å². The van der Waals surface area contributed by atoms with Crippen molar-refractivity contribution in [3.63, 3.8) is 0 Å². The van der Waals surface area contributed by atoms with Gasteiger partial charge in [-0.1, -0.05) is 73.8 Å². The fourth-order valence-corrected chi connectivity index (χ4v) is 6.11. The van der Waals surface area contributed by atoms with E-state index in [0.717, 1.165) is 55.6 Å². The molecule has 0 amide bonds. The van der Waals surface area contributed by atoms with Gasteiger partial charge in [0.25, 0.3) is 0 Å². The molecule has 4 nitrogen and oxygen atoms in total. The lowest BCUT2D eigenvalue weighted by Gasteiger charge is -2.09. The van der Waals surface area contributed by atoms with Gasteiger partial charge in [0.1, 0.15) is 11.1 Å². The molecule has 0 radical (unpaired) electrons. The predicted octanol–water partition coefficient (Wildman–Crippen LogP) is 9.31. The molecule has 0 spiro atoms. The third-order valence-corrected chi connectivity index (χ3v) is 7.74. The van der Waals surface area contributed by atoms with Crippen LogP contribution in [0.2, 0.25) is 0 Å². The van der Waals surface area contributed by atoms with Crippen molar-refractivity contribution < 1.29 is 4.42 Å². The molecule has 0 atom stereocenters. The first-order valence-electron chi connectivity index (χ1n) is 13.0. The Balaban J connectivity index is 1.43. The molecule has 0 fully saturated rings. The lowest BCUT2D eigenvalue weighted by Crippen LogP contribution is -1.98. The first-order chi connectivity index (χ1) is 19.3. The average Bonchev–Trinajstić information content (AvgIpc) is 3.64. The minimum absolute atomic E-state index is 0.742. The summed E-state index contributed by atoms with van der Waals surface area (Å²) >= 11 is 0. The molecular formula is C35H23N3O. The van der Waals surface area contributed by atoms with Crippen LogP contribution in [0.15, 0.2) is 121 Å². The molecule has 4 heteroatoms. The van der Waals surface area contributed by atoms with E-state index in [0.29, 0.717) is 0 Å². The second-order valence-electron chi connectivity index (χ2n) is 9.72.